The number of ether oxygens (including phenoxy) is 1. The normalized spacial score (nSPS) is 39.5. The Hall–Kier alpha value is -3.50. The van der Waals surface area contributed by atoms with Gasteiger partial charge in [-0.15, -0.1) is 0 Å². The number of aromatic nitrogens is 1. The molecule has 0 unspecified atom stereocenters. The van der Waals surface area contributed by atoms with Gasteiger partial charge >= 0.3 is 12.9 Å². The Bertz CT molecular complexity index is 2180. The van der Waals surface area contributed by atoms with Gasteiger partial charge in [-0.25, -0.2) is 0 Å². The van der Waals surface area contributed by atoms with Gasteiger partial charge in [0.1, 0.15) is 11.8 Å². The molecule has 332 valence electrons. The Morgan fingerprint density at radius 2 is 1.59 bits per heavy atom. The third kappa shape index (κ3) is 5.98. The fourth-order valence-corrected chi connectivity index (χ4v) is 16.0. The van der Waals surface area contributed by atoms with Gasteiger partial charge in [-0.2, -0.15) is 0 Å². The molecule has 10 atom stereocenters. The summed E-state index contributed by atoms with van der Waals surface area (Å²) in [7, 11) is 0. The van der Waals surface area contributed by atoms with Crippen molar-refractivity contribution in [3.63, 3.8) is 0 Å². The Morgan fingerprint density at radius 1 is 0.885 bits per heavy atom. The number of fused-ring (bicyclic) bond motifs is 9. The van der Waals surface area contributed by atoms with Crippen molar-refractivity contribution in [2.75, 3.05) is 26.2 Å². The Morgan fingerprint density at radius 3 is 2.30 bits per heavy atom. The third-order valence-electron chi connectivity index (χ3n) is 19.6. The summed E-state index contributed by atoms with van der Waals surface area (Å²) >= 11 is 0. The van der Waals surface area contributed by atoms with Crippen LogP contribution < -0.4 is 0 Å². The molecule has 5 fully saturated rings. The quantitative estimate of drug-likeness (QED) is 0.168. The molecule has 4 saturated carbocycles. The molecule has 9 rings (SSSR count). The van der Waals surface area contributed by atoms with Crippen LogP contribution in [0.2, 0.25) is 0 Å². The number of halogens is 2. The smallest absolute Gasteiger partial charge is 0.462 e. The maximum atomic E-state index is 16.0. The van der Waals surface area contributed by atoms with E-state index >= 15 is 13.4 Å². The SMILES string of the molecule is CC(=O)O[C@H]1CC[C@]2(C)[C@H]3CC=C4[C@@H]5[C@@H](C)[C@H](C)CC[C@]5(C(=O)N5CCN(C(=O)CCC6=[N+]7C(=Cc8c(C)cc(C)n8[B-]7(F)F)C=C6)CC5)CC[C@@]4(C)[C@]3(C)CC[C@H]2C1(C)C. The summed E-state index contributed by atoms with van der Waals surface area (Å²) in [6.45, 7) is 20.3. The minimum Gasteiger partial charge on any atom is -0.462 e. The molecular weight excluding hydrogens is 769 g/mol. The van der Waals surface area contributed by atoms with Gasteiger partial charge in [-0.05, 0) is 135 Å². The summed E-state index contributed by atoms with van der Waals surface area (Å²) in [6, 6.07) is 1.80. The van der Waals surface area contributed by atoms with Gasteiger partial charge in [0.15, 0.2) is 5.70 Å². The number of allylic oxidation sites excluding steroid dienone is 4. The average Bonchev–Trinajstić information content (AvgIpc) is 3.76. The Balaban J connectivity index is 0.910. The number of carbonyl (C=O) groups excluding carboxylic acids is 3. The maximum absolute atomic E-state index is 16.0. The number of rotatable bonds is 5. The van der Waals surface area contributed by atoms with Crippen LogP contribution in [-0.4, -0.2) is 81.5 Å². The van der Waals surface area contributed by atoms with Gasteiger partial charge in [0.05, 0.1) is 5.41 Å². The van der Waals surface area contributed by atoms with E-state index in [2.05, 4.69) is 59.4 Å². The first-order valence-electron chi connectivity index (χ1n) is 23.8. The summed E-state index contributed by atoms with van der Waals surface area (Å²) in [6.07, 6.45) is 17.5. The van der Waals surface area contributed by atoms with Crippen LogP contribution >= 0.6 is 0 Å². The van der Waals surface area contributed by atoms with Crippen molar-refractivity contribution in [1.29, 1.82) is 0 Å². The zero-order valence-corrected chi connectivity index (χ0v) is 38.7. The zero-order valence-electron chi connectivity index (χ0n) is 38.7. The maximum Gasteiger partial charge on any atom is 0.737 e. The third-order valence-corrected chi connectivity index (χ3v) is 19.6. The lowest BCUT2D eigenvalue weighted by atomic mass is 9.33. The van der Waals surface area contributed by atoms with Crippen LogP contribution in [0.1, 0.15) is 143 Å². The summed E-state index contributed by atoms with van der Waals surface area (Å²) in [5.74, 6) is 2.18. The Labute approximate surface area is 363 Å². The molecule has 3 aliphatic heterocycles. The molecular formula is C50H71BF2N4O4. The van der Waals surface area contributed by atoms with Crippen LogP contribution in [0, 0.1) is 70.5 Å². The van der Waals surface area contributed by atoms with Crippen LogP contribution in [-0.2, 0) is 19.1 Å². The van der Waals surface area contributed by atoms with Crippen molar-refractivity contribution in [2.45, 2.75) is 146 Å². The number of esters is 1. The number of aryl methyl sites for hydroxylation is 2. The van der Waals surface area contributed by atoms with Crippen molar-refractivity contribution >= 4 is 36.5 Å². The number of piperazine rings is 1. The standard InChI is InChI=1S/C50H71BF2N4O4/c1-31-17-22-50(45(60)55-27-25-54(26-28-55)43(59)16-13-36-11-12-37-30-39-32(2)29-33(3)56(39)51(52,53)57(36)37)24-23-48(9)38(44(50)34(31)4)14-15-41-47(8)20-19-42(61-35(5)58)46(6,7)40(47)18-21-49(41,48)10/h11-12,14,29-31,34,40-42,44H,13,15-28H2,1-10H3/t31-,34+,40+,41-,42+,44+,47+,48-,49-,50+/m1/s1. The molecule has 0 N–H and O–H groups in total. The molecule has 0 radical (unpaired) electrons. The molecule has 5 aliphatic carbocycles. The number of hydrogen-bond acceptors (Lipinski definition) is 4. The predicted molar refractivity (Wildman–Crippen MR) is 237 cm³/mol. The molecule has 0 aromatic carbocycles. The molecule has 8 aliphatic rings. The van der Waals surface area contributed by atoms with Gasteiger partial charge in [-0.1, -0.05) is 60.1 Å². The van der Waals surface area contributed by atoms with E-state index in [1.165, 1.54) is 0 Å². The summed E-state index contributed by atoms with van der Waals surface area (Å²) in [5, 5.41) is 0. The molecule has 61 heavy (non-hydrogen) atoms. The minimum absolute atomic E-state index is 0.00402. The highest BCUT2D eigenvalue weighted by Crippen LogP contribution is 2.76. The van der Waals surface area contributed by atoms with E-state index in [1.54, 1.807) is 37.6 Å². The van der Waals surface area contributed by atoms with E-state index in [9.17, 15) is 9.59 Å². The molecule has 11 heteroatoms. The van der Waals surface area contributed by atoms with Crippen molar-refractivity contribution in [3.05, 3.63) is 52.5 Å². The number of nitrogens with zero attached hydrogens (tertiary/aromatic N) is 4. The molecule has 2 amide bonds. The van der Waals surface area contributed by atoms with Crippen molar-refractivity contribution in [1.82, 2.24) is 14.3 Å². The van der Waals surface area contributed by atoms with Gasteiger partial charge < -0.3 is 32.1 Å². The van der Waals surface area contributed by atoms with Gasteiger partial charge in [0.25, 0.3) is 0 Å². The van der Waals surface area contributed by atoms with E-state index in [4.69, 9.17) is 4.74 Å². The largest absolute Gasteiger partial charge is 0.737 e. The number of carbonyl (C=O) groups is 3. The summed E-state index contributed by atoms with van der Waals surface area (Å²) in [4.78, 5) is 45.0. The first-order chi connectivity index (χ1) is 28.6. The number of hydrogen-bond donors (Lipinski definition) is 0. The highest BCUT2D eigenvalue weighted by Gasteiger charge is 2.70. The second kappa shape index (κ2) is 14.3. The summed E-state index contributed by atoms with van der Waals surface area (Å²) < 4.78 is 40.4. The van der Waals surface area contributed by atoms with Crippen molar-refractivity contribution in [2.24, 2.45) is 56.7 Å². The average molecular weight is 841 g/mol. The molecule has 8 nitrogen and oxygen atoms in total. The fourth-order valence-electron chi connectivity index (χ4n) is 16.0. The fraction of sp³-hybridized carbons (Fsp3) is 0.720. The lowest BCUT2D eigenvalue weighted by molar-refractivity contribution is -0.362. The van der Waals surface area contributed by atoms with E-state index in [0.29, 0.717) is 72.6 Å². The number of amides is 2. The van der Waals surface area contributed by atoms with Crippen LogP contribution in [0.25, 0.3) is 6.08 Å². The molecule has 1 saturated heterocycles. The first kappa shape index (κ1) is 42.8. The molecule has 1 aromatic rings. The van der Waals surface area contributed by atoms with Crippen LogP contribution in [0.3, 0.4) is 0 Å². The highest BCUT2D eigenvalue weighted by molar-refractivity contribution is 6.58. The molecule has 1 aromatic heterocycles. The Kier molecular flexibility index (Phi) is 10.00. The zero-order chi connectivity index (χ0) is 43.8. The van der Waals surface area contributed by atoms with Crippen molar-refractivity contribution < 1.29 is 32.2 Å². The molecule has 0 bridgehead atoms. The van der Waals surface area contributed by atoms with Crippen LogP contribution in [0.15, 0.2) is 35.6 Å². The second-order valence-electron chi connectivity index (χ2n) is 22.5. The predicted octanol–water partition coefficient (Wildman–Crippen LogP) is 9.75. The van der Waals surface area contributed by atoms with Gasteiger partial charge in [0.2, 0.25) is 11.8 Å². The van der Waals surface area contributed by atoms with E-state index in [-0.39, 0.29) is 64.3 Å². The van der Waals surface area contributed by atoms with Gasteiger partial charge in [-0.3, -0.25) is 14.4 Å². The monoisotopic (exact) mass is 841 g/mol. The molecule has 4 heterocycles. The van der Waals surface area contributed by atoms with Crippen LogP contribution in [0.4, 0.5) is 8.63 Å². The van der Waals surface area contributed by atoms with E-state index < -0.39 is 12.4 Å². The van der Waals surface area contributed by atoms with E-state index in [0.717, 1.165) is 72.3 Å². The summed E-state index contributed by atoms with van der Waals surface area (Å²) in [5.41, 5.74) is 4.13. The highest BCUT2D eigenvalue weighted by atomic mass is 19.2. The first-order valence-corrected chi connectivity index (χ1v) is 23.8. The molecule has 0 spiro atoms. The van der Waals surface area contributed by atoms with E-state index in [1.807, 2.05) is 17.9 Å². The van der Waals surface area contributed by atoms with Crippen LogP contribution in [0.5, 0.6) is 0 Å². The minimum atomic E-state index is -4.07. The lowest BCUT2D eigenvalue weighted by Crippen LogP contribution is -2.66. The van der Waals surface area contributed by atoms with Gasteiger partial charge in [0, 0.05) is 75.3 Å². The lowest BCUT2D eigenvalue weighted by Gasteiger charge is -2.71. The van der Waals surface area contributed by atoms with Crippen molar-refractivity contribution in [3.8, 4) is 0 Å². The topological polar surface area (TPSA) is 74.9 Å². The second-order valence-corrected chi connectivity index (χ2v) is 22.5.